The quantitative estimate of drug-likeness (QED) is 0.660. The predicted octanol–water partition coefficient (Wildman–Crippen LogP) is 2.90. The van der Waals surface area contributed by atoms with Crippen LogP contribution in [-0.4, -0.2) is 9.78 Å². The first kappa shape index (κ1) is 9.30. The Labute approximate surface area is 74.6 Å². The van der Waals surface area contributed by atoms with E-state index in [-0.39, 0.29) is 0 Å². The van der Waals surface area contributed by atoms with Gasteiger partial charge in [-0.3, -0.25) is 4.68 Å². The molecule has 0 N–H and O–H groups in total. The second-order valence-corrected chi connectivity index (χ2v) is 3.88. The third-order valence-corrected chi connectivity index (χ3v) is 2.19. The van der Waals surface area contributed by atoms with Gasteiger partial charge < -0.3 is 0 Å². The van der Waals surface area contributed by atoms with Crippen molar-refractivity contribution in [2.45, 2.75) is 46.6 Å². The van der Waals surface area contributed by atoms with Gasteiger partial charge in [0.05, 0.1) is 6.20 Å². The molecular formula is C10H18N2. The average molecular weight is 166 g/mol. The van der Waals surface area contributed by atoms with Gasteiger partial charge >= 0.3 is 0 Å². The third-order valence-electron chi connectivity index (χ3n) is 2.19. The van der Waals surface area contributed by atoms with Crippen molar-refractivity contribution in [1.29, 1.82) is 0 Å². The lowest BCUT2D eigenvalue weighted by molar-refractivity contribution is 0.518. The summed E-state index contributed by atoms with van der Waals surface area (Å²) in [5, 5.41) is 4.35. The molecule has 0 atom stereocenters. The van der Waals surface area contributed by atoms with Crippen LogP contribution in [0.4, 0.5) is 0 Å². The maximum absolute atomic E-state index is 4.35. The molecule has 2 heteroatoms. The van der Waals surface area contributed by atoms with E-state index in [1.54, 1.807) is 0 Å². The lowest BCUT2D eigenvalue weighted by atomic mass is 10.1. The molecule has 2 nitrogen and oxygen atoms in total. The lowest BCUT2D eigenvalue weighted by Crippen LogP contribution is -2.05. The van der Waals surface area contributed by atoms with Gasteiger partial charge in [0.1, 0.15) is 0 Å². The van der Waals surface area contributed by atoms with Crippen molar-refractivity contribution >= 4 is 0 Å². The zero-order chi connectivity index (χ0) is 9.30. The summed E-state index contributed by atoms with van der Waals surface area (Å²) >= 11 is 0. The van der Waals surface area contributed by atoms with E-state index in [2.05, 4.69) is 44.4 Å². The van der Waals surface area contributed by atoms with Gasteiger partial charge in [-0.2, -0.15) is 5.10 Å². The number of aromatic nitrogens is 2. The highest BCUT2D eigenvalue weighted by Crippen LogP contribution is 2.20. The fraction of sp³-hybridized carbons (Fsp3) is 0.700. The maximum atomic E-state index is 4.35. The lowest BCUT2D eigenvalue weighted by Gasteiger charge is -2.09. The number of nitrogens with zero attached hydrogens (tertiary/aromatic N) is 2. The molecule has 0 aliphatic rings. The van der Waals surface area contributed by atoms with Crippen LogP contribution in [0, 0.1) is 6.92 Å². The van der Waals surface area contributed by atoms with Crippen LogP contribution in [0.2, 0.25) is 0 Å². The second kappa shape index (κ2) is 3.30. The number of rotatable bonds is 2. The molecule has 0 saturated heterocycles. The summed E-state index contributed by atoms with van der Waals surface area (Å²) in [6.45, 7) is 10.9. The minimum atomic E-state index is 0.470. The Balaban J connectivity index is 3.04. The first-order chi connectivity index (χ1) is 5.54. The molecule has 0 unspecified atom stereocenters. The Morgan fingerprint density at radius 1 is 1.25 bits per heavy atom. The molecule has 1 rings (SSSR count). The van der Waals surface area contributed by atoms with Gasteiger partial charge in [-0.1, -0.05) is 13.8 Å². The highest BCUT2D eigenvalue weighted by atomic mass is 15.3. The molecule has 0 amide bonds. The average Bonchev–Trinajstić information content (AvgIpc) is 2.30. The third kappa shape index (κ3) is 1.52. The zero-order valence-corrected chi connectivity index (χ0v) is 8.63. The minimum Gasteiger partial charge on any atom is -0.267 e. The van der Waals surface area contributed by atoms with Crippen molar-refractivity contribution in [3.63, 3.8) is 0 Å². The van der Waals surface area contributed by atoms with Gasteiger partial charge in [-0.25, -0.2) is 0 Å². The van der Waals surface area contributed by atoms with Crippen LogP contribution in [0.3, 0.4) is 0 Å². The standard InChI is InChI=1S/C10H18N2/c1-7(2)10-6-11-12(8(3)4)9(10)5/h6-8H,1-5H3. The van der Waals surface area contributed by atoms with Gasteiger partial charge in [-0.05, 0) is 32.3 Å². The fourth-order valence-electron chi connectivity index (χ4n) is 1.52. The van der Waals surface area contributed by atoms with Crippen molar-refractivity contribution in [1.82, 2.24) is 9.78 Å². The van der Waals surface area contributed by atoms with E-state index in [0.29, 0.717) is 12.0 Å². The molecule has 1 heterocycles. The van der Waals surface area contributed by atoms with Crippen LogP contribution < -0.4 is 0 Å². The Kier molecular flexibility index (Phi) is 2.55. The summed E-state index contributed by atoms with van der Waals surface area (Å²) in [6, 6.07) is 0.470. The van der Waals surface area contributed by atoms with E-state index in [0.717, 1.165) is 0 Å². The van der Waals surface area contributed by atoms with Crippen molar-refractivity contribution in [3.05, 3.63) is 17.5 Å². The highest BCUT2D eigenvalue weighted by Gasteiger charge is 2.10. The van der Waals surface area contributed by atoms with Crippen LogP contribution in [0.15, 0.2) is 6.20 Å². The molecule has 0 spiro atoms. The second-order valence-electron chi connectivity index (χ2n) is 3.88. The van der Waals surface area contributed by atoms with E-state index in [9.17, 15) is 0 Å². The Bertz CT molecular complexity index is 233. The van der Waals surface area contributed by atoms with Crippen molar-refractivity contribution in [2.24, 2.45) is 0 Å². The first-order valence-electron chi connectivity index (χ1n) is 4.58. The minimum absolute atomic E-state index is 0.470. The van der Waals surface area contributed by atoms with Crippen LogP contribution in [0.25, 0.3) is 0 Å². The molecule has 0 saturated carbocycles. The molecule has 0 radical (unpaired) electrons. The smallest absolute Gasteiger partial charge is 0.0527 e. The summed E-state index contributed by atoms with van der Waals surface area (Å²) in [7, 11) is 0. The number of hydrogen-bond donors (Lipinski definition) is 0. The van der Waals surface area contributed by atoms with Crippen molar-refractivity contribution in [2.75, 3.05) is 0 Å². The highest BCUT2D eigenvalue weighted by molar-refractivity contribution is 5.20. The summed E-state index contributed by atoms with van der Waals surface area (Å²) < 4.78 is 2.08. The van der Waals surface area contributed by atoms with Gasteiger partial charge in [0.2, 0.25) is 0 Å². The normalized spacial score (nSPS) is 11.6. The van der Waals surface area contributed by atoms with Gasteiger partial charge in [0.15, 0.2) is 0 Å². The first-order valence-corrected chi connectivity index (χ1v) is 4.58. The van der Waals surface area contributed by atoms with Crippen molar-refractivity contribution in [3.8, 4) is 0 Å². The predicted molar refractivity (Wildman–Crippen MR) is 51.4 cm³/mol. The SMILES string of the molecule is Cc1c(C(C)C)cnn1C(C)C. The van der Waals surface area contributed by atoms with Gasteiger partial charge in [0.25, 0.3) is 0 Å². The summed E-state index contributed by atoms with van der Waals surface area (Å²) in [5.41, 5.74) is 2.67. The molecule has 68 valence electrons. The van der Waals surface area contributed by atoms with E-state index in [4.69, 9.17) is 0 Å². The Morgan fingerprint density at radius 3 is 2.08 bits per heavy atom. The van der Waals surface area contributed by atoms with Crippen LogP contribution in [0.5, 0.6) is 0 Å². The monoisotopic (exact) mass is 166 g/mol. The Morgan fingerprint density at radius 2 is 1.83 bits per heavy atom. The molecule has 0 fully saturated rings. The largest absolute Gasteiger partial charge is 0.267 e. The van der Waals surface area contributed by atoms with Crippen LogP contribution in [0.1, 0.15) is 50.9 Å². The van der Waals surface area contributed by atoms with Crippen LogP contribution >= 0.6 is 0 Å². The molecule has 1 aromatic heterocycles. The zero-order valence-electron chi connectivity index (χ0n) is 8.63. The van der Waals surface area contributed by atoms with E-state index in [1.165, 1.54) is 11.3 Å². The molecule has 12 heavy (non-hydrogen) atoms. The van der Waals surface area contributed by atoms with E-state index >= 15 is 0 Å². The molecular weight excluding hydrogens is 148 g/mol. The molecule has 0 aromatic carbocycles. The van der Waals surface area contributed by atoms with E-state index in [1.807, 2.05) is 6.20 Å². The molecule has 1 aromatic rings. The van der Waals surface area contributed by atoms with E-state index < -0.39 is 0 Å². The molecule has 0 aliphatic heterocycles. The van der Waals surface area contributed by atoms with Gasteiger partial charge in [0, 0.05) is 11.7 Å². The summed E-state index contributed by atoms with van der Waals surface area (Å²) in [4.78, 5) is 0. The van der Waals surface area contributed by atoms with Crippen molar-refractivity contribution < 1.29 is 0 Å². The maximum Gasteiger partial charge on any atom is 0.0527 e. The Hall–Kier alpha value is -0.790. The fourth-order valence-corrected chi connectivity index (χ4v) is 1.52. The summed E-state index contributed by atoms with van der Waals surface area (Å²) in [6.07, 6.45) is 1.99. The summed E-state index contributed by atoms with van der Waals surface area (Å²) in [5.74, 6) is 0.581. The van der Waals surface area contributed by atoms with Gasteiger partial charge in [-0.15, -0.1) is 0 Å². The molecule has 0 aliphatic carbocycles. The van der Waals surface area contributed by atoms with Crippen LogP contribution in [-0.2, 0) is 0 Å². The topological polar surface area (TPSA) is 17.8 Å². The molecule has 0 bridgehead atoms. The number of hydrogen-bond acceptors (Lipinski definition) is 1.